The number of carbonyl (C=O) groups excluding carboxylic acids is 1. The van der Waals surface area contributed by atoms with Gasteiger partial charge >= 0.3 is 13.8 Å². The van der Waals surface area contributed by atoms with E-state index in [0.717, 1.165) is 77.0 Å². The van der Waals surface area contributed by atoms with Gasteiger partial charge in [-0.05, 0) is 83.5 Å². The van der Waals surface area contributed by atoms with Crippen molar-refractivity contribution >= 4 is 13.8 Å². The van der Waals surface area contributed by atoms with Gasteiger partial charge in [-0.1, -0.05) is 189 Å². The van der Waals surface area contributed by atoms with E-state index >= 15 is 0 Å². The lowest BCUT2D eigenvalue weighted by Gasteiger charge is -2.24. The first-order valence-electron chi connectivity index (χ1n) is 25.7. The number of allylic oxidation sites excluding steroid dienone is 12. The molecular formula is C54H99NO7P+. The van der Waals surface area contributed by atoms with E-state index in [1.165, 1.54) is 109 Å². The lowest BCUT2D eigenvalue weighted by atomic mass is 10.1. The third-order valence-corrected chi connectivity index (χ3v) is 11.7. The Morgan fingerprint density at radius 3 is 1.40 bits per heavy atom. The summed E-state index contributed by atoms with van der Waals surface area (Å²) < 4.78 is 35.1. The largest absolute Gasteiger partial charge is 0.472 e. The minimum absolute atomic E-state index is 0.0835. The van der Waals surface area contributed by atoms with Crippen LogP contribution in [-0.2, 0) is 27.9 Å². The predicted octanol–water partition coefficient (Wildman–Crippen LogP) is 15.8. The van der Waals surface area contributed by atoms with E-state index in [1.54, 1.807) is 0 Å². The van der Waals surface area contributed by atoms with Gasteiger partial charge in [-0.15, -0.1) is 0 Å². The molecule has 2 unspecified atom stereocenters. The Kier molecular flexibility index (Phi) is 44.9. The number of ether oxygens (including phenoxy) is 2. The molecule has 0 fully saturated rings. The van der Waals surface area contributed by atoms with Crippen molar-refractivity contribution in [2.24, 2.45) is 0 Å². The second kappa shape index (κ2) is 46.5. The fraction of sp³-hybridized carbons (Fsp3) is 0.759. The zero-order chi connectivity index (χ0) is 46.2. The van der Waals surface area contributed by atoms with E-state index in [9.17, 15) is 14.3 Å². The third kappa shape index (κ3) is 50.8. The molecule has 0 aromatic heterocycles. The molecule has 0 heterocycles. The highest BCUT2D eigenvalue weighted by Gasteiger charge is 2.26. The summed E-state index contributed by atoms with van der Waals surface area (Å²) in [4.78, 5) is 23.0. The van der Waals surface area contributed by atoms with Gasteiger partial charge < -0.3 is 18.9 Å². The molecule has 0 radical (unpaired) electrons. The standard InChI is InChI=1S/C54H98NO7P/c1-6-8-10-12-14-16-18-20-22-23-24-25-26-27-28-29-30-31-32-34-36-38-40-42-44-46-49-59-51-53(52-61-63(57,58)60-50-48-55(3,4)5)62-54(56)47-45-43-41-39-37-35-33-21-19-17-15-13-11-9-7-2/h8,10,14,16,20-22,24-25,27-28,33,53H,6-7,9,11-13,15,17-19,23,26,29-32,34-52H2,1-5H3/p+1/b10-8-,16-14-,22-20-,25-24-,28-27-,33-21-. The number of quaternary nitrogens is 1. The average Bonchev–Trinajstić information content (AvgIpc) is 3.24. The van der Waals surface area contributed by atoms with Gasteiger partial charge in [-0.3, -0.25) is 13.8 Å². The van der Waals surface area contributed by atoms with Crippen molar-refractivity contribution < 1.29 is 37.3 Å². The van der Waals surface area contributed by atoms with Gasteiger partial charge in [0.2, 0.25) is 0 Å². The maximum atomic E-state index is 12.7. The van der Waals surface area contributed by atoms with Crippen LogP contribution in [-0.4, -0.2) is 75.6 Å². The zero-order valence-electron chi connectivity index (χ0n) is 41.5. The fourth-order valence-electron chi connectivity index (χ4n) is 6.81. The molecule has 0 rings (SSSR count). The van der Waals surface area contributed by atoms with Crippen LogP contribution in [0, 0.1) is 0 Å². The highest BCUT2D eigenvalue weighted by molar-refractivity contribution is 7.47. The second-order valence-electron chi connectivity index (χ2n) is 18.2. The maximum Gasteiger partial charge on any atom is 0.472 e. The first-order valence-corrected chi connectivity index (χ1v) is 27.2. The molecule has 8 nitrogen and oxygen atoms in total. The smallest absolute Gasteiger partial charge is 0.457 e. The maximum absolute atomic E-state index is 12.7. The Labute approximate surface area is 389 Å². The van der Waals surface area contributed by atoms with E-state index in [0.29, 0.717) is 24.1 Å². The van der Waals surface area contributed by atoms with E-state index < -0.39 is 13.9 Å². The molecule has 0 aliphatic heterocycles. The van der Waals surface area contributed by atoms with Crippen molar-refractivity contribution in [2.75, 3.05) is 54.1 Å². The molecule has 63 heavy (non-hydrogen) atoms. The Hall–Kier alpha value is -2.06. The molecule has 2 atom stereocenters. The summed E-state index contributed by atoms with van der Waals surface area (Å²) >= 11 is 0. The molecule has 0 spiro atoms. The topological polar surface area (TPSA) is 91.3 Å². The normalized spacial score (nSPS) is 14.2. The first kappa shape index (κ1) is 60.9. The molecule has 0 aliphatic rings. The van der Waals surface area contributed by atoms with Gasteiger partial charge in [0.15, 0.2) is 0 Å². The van der Waals surface area contributed by atoms with Crippen LogP contribution < -0.4 is 0 Å². The number of rotatable bonds is 47. The Bertz CT molecular complexity index is 1230. The molecule has 9 heteroatoms. The summed E-state index contributed by atoms with van der Waals surface area (Å²) in [6, 6.07) is 0. The molecule has 0 bridgehead atoms. The van der Waals surface area contributed by atoms with Crippen LogP contribution in [0.3, 0.4) is 0 Å². The fourth-order valence-corrected chi connectivity index (χ4v) is 7.55. The van der Waals surface area contributed by atoms with Crippen LogP contribution in [0.15, 0.2) is 72.9 Å². The first-order chi connectivity index (χ1) is 30.6. The van der Waals surface area contributed by atoms with Crippen LogP contribution >= 0.6 is 7.82 Å². The van der Waals surface area contributed by atoms with Gasteiger partial charge in [-0.25, -0.2) is 4.57 Å². The number of likely N-dealkylation sites (N-methyl/N-ethyl adjacent to an activating group) is 1. The summed E-state index contributed by atoms with van der Waals surface area (Å²) in [6.45, 7) is 5.48. The van der Waals surface area contributed by atoms with Crippen molar-refractivity contribution in [1.29, 1.82) is 0 Å². The van der Waals surface area contributed by atoms with Crippen LogP contribution in [0.1, 0.15) is 206 Å². The van der Waals surface area contributed by atoms with Crippen molar-refractivity contribution in [3.63, 3.8) is 0 Å². The zero-order valence-corrected chi connectivity index (χ0v) is 42.4. The highest BCUT2D eigenvalue weighted by atomic mass is 31.2. The second-order valence-corrected chi connectivity index (χ2v) is 19.6. The predicted molar refractivity (Wildman–Crippen MR) is 270 cm³/mol. The quantitative estimate of drug-likeness (QED) is 0.0214. The summed E-state index contributed by atoms with van der Waals surface area (Å²) in [5.74, 6) is -0.325. The van der Waals surface area contributed by atoms with E-state index in [2.05, 4.69) is 86.8 Å². The minimum Gasteiger partial charge on any atom is -0.457 e. The molecule has 1 N–H and O–H groups in total. The molecule has 366 valence electrons. The number of nitrogens with zero attached hydrogens (tertiary/aromatic N) is 1. The van der Waals surface area contributed by atoms with Crippen molar-refractivity contribution in [1.82, 2.24) is 0 Å². The van der Waals surface area contributed by atoms with Crippen molar-refractivity contribution in [2.45, 2.75) is 213 Å². The molecule has 0 aliphatic carbocycles. The van der Waals surface area contributed by atoms with Gasteiger partial charge in [0.05, 0.1) is 34.4 Å². The molecule has 0 amide bonds. The van der Waals surface area contributed by atoms with E-state index in [-0.39, 0.29) is 25.8 Å². The molecule has 0 aromatic carbocycles. The van der Waals surface area contributed by atoms with E-state index in [4.69, 9.17) is 18.5 Å². The summed E-state index contributed by atoms with van der Waals surface area (Å²) in [5.41, 5.74) is 0. The Morgan fingerprint density at radius 2 is 0.921 bits per heavy atom. The third-order valence-electron chi connectivity index (χ3n) is 10.8. The highest BCUT2D eigenvalue weighted by Crippen LogP contribution is 2.43. The molecular weight excluding hydrogens is 806 g/mol. The summed E-state index contributed by atoms with van der Waals surface area (Å²) in [6.07, 6.45) is 60.9. The molecule has 0 saturated heterocycles. The molecule has 0 aromatic rings. The number of carbonyl (C=O) groups is 1. The van der Waals surface area contributed by atoms with Gasteiger partial charge in [0.1, 0.15) is 19.3 Å². The van der Waals surface area contributed by atoms with Crippen LogP contribution in [0.2, 0.25) is 0 Å². The number of esters is 1. The number of hydrogen-bond acceptors (Lipinski definition) is 6. The number of phosphoric acid groups is 1. The van der Waals surface area contributed by atoms with Crippen LogP contribution in [0.25, 0.3) is 0 Å². The minimum atomic E-state index is -4.29. The Balaban J connectivity index is 4.13. The lowest BCUT2D eigenvalue weighted by Crippen LogP contribution is -2.37. The van der Waals surface area contributed by atoms with Gasteiger partial charge in [0.25, 0.3) is 0 Å². The number of phosphoric ester groups is 1. The Morgan fingerprint density at radius 1 is 0.508 bits per heavy atom. The SMILES string of the molecule is CC/C=C\C/C=C\C/C=C\C/C=C\C/C=C\CCCCCCCCCCCCOCC(COP(=O)(O)OCC[N+](C)(C)C)OC(=O)CCCCCCC/C=C\CCCCCCCC. The number of unbranched alkanes of at least 4 members (excludes halogenated alkanes) is 21. The van der Waals surface area contributed by atoms with Crippen molar-refractivity contribution in [3.05, 3.63) is 72.9 Å². The van der Waals surface area contributed by atoms with Crippen LogP contribution in [0.4, 0.5) is 0 Å². The van der Waals surface area contributed by atoms with E-state index in [1.807, 2.05) is 21.1 Å². The lowest BCUT2D eigenvalue weighted by molar-refractivity contribution is -0.870. The van der Waals surface area contributed by atoms with Crippen molar-refractivity contribution in [3.8, 4) is 0 Å². The summed E-state index contributed by atoms with van der Waals surface area (Å²) in [7, 11) is 1.65. The average molecular weight is 905 g/mol. The van der Waals surface area contributed by atoms with Gasteiger partial charge in [-0.2, -0.15) is 0 Å². The van der Waals surface area contributed by atoms with Crippen LogP contribution in [0.5, 0.6) is 0 Å². The number of hydrogen-bond donors (Lipinski definition) is 1. The monoisotopic (exact) mass is 905 g/mol. The van der Waals surface area contributed by atoms with Gasteiger partial charge in [0, 0.05) is 13.0 Å². The molecule has 0 saturated carbocycles. The summed E-state index contributed by atoms with van der Waals surface area (Å²) in [5, 5.41) is 0.